The minimum atomic E-state index is -0.749. The van der Waals surface area contributed by atoms with Gasteiger partial charge >= 0.3 is 0 Å². The molecular weight excluding hydrogens is 452 g/mol. The van der Waals surface area contributed by atoms with Gasteiger partial charge in [-0.05, 0) is 113 Å². The van der Waals surface area contributed by atoms with Crippen LogP contribution >= 0.6 is 24.2 Å². The Hall–Kier alpha value is -2.60. The first-order valence-corrected chi connectivity index (χ1v) is 12.2. The van der Waals surface area contributed by atoms with Crippen molar-refractivity contribution < 1.29 is 9.53 Å². The molecule has 0 aliphatic carbocycles. The first-order valence-electron chi connectivity index (χ1n) is 11.0. The molecule has 1 N–H and O–H groups in total. The van der Waals surface area contributed by atoms with Crippen LogP contribution < -0.4 is 14.4 Å². The van der Waals surface area contributed by atoms with E-state index in [2.05, 4.69) is 24.6 Å². The molecule has 1 fully saturated rings. The lowest BCUT2D eigenvalue weighted by Crippen LogP contribution is -2.44. The van der Waals surface area contributed by atoms with Crippen LogP contribution in [0.15, 0.2) is 47.4 Å². The van der Waals surface area contributed by atoms with Crippen LogP contribution in [0.4, 0.5) is 5.69 Å². The van der Waals surface area contributed by atoms with Gasteiger partial charge in [0.1, 0.15) is 11.3 Å². The van der Waals surface area contributed by atoms with Crippen molar-refractivity contribution in [3.05, 3.63) is 53.6 Å². The zero-order chi connectivity index (χ0) is 24.2. The molecule has 2 aromatic rings. The van der Waals surface area contributed by atoms with Crippen molar-refractivity contribution in [1.82, 2.24) is 9.62 Å². The Labute approximate surface area is 206 Å². The predicted molar refractivity (Wildman–Crippen MR) is 137 cm³/mol. The largest absolute Gasteiger partial charge is 0.494 e. The number of amides is 1. The highest BCUT2D eigenvalue weighted by atomic mass is 32.2. The van der Waals surface area contributed by atoms with Crippen molar-refractivity contribution >= 4 is 40.9 Å². The molecular formula is C25H30N4O2S2. The van der Waals surface area contributed by atoms with Gasteiger partial charge in [0, 0.05) is 17.5 Å². The van der Waals surface area contributed by atoms with Crippen LogP contribution in [-0.2, 0) is 4.79 Å². The Kier molecular flexibility index (Phi) is 8.01. The third kappa shape index (κ3) is 5.67. The number of hydrogen-bond acceptors (Lipinski definition) is 6. The molecule has 2 aromatic carbocycles. The Morgan fingerprint density at radius 3 is 2.52 bits per heavy atom. The predicted octanol–water partition coefficient (Wildman–Crippen LogP) is 5.05. The zero-order valence-corrected chi connectivity index (χ0v) is 21.3. The van der Waals surface area contributed by atoms with Gasteiger partial charge in [-0.25, -0.2) is 0 Å². The summed E-state index contributed by atoms with van der Waals surface area (Å²) in [6, 6.07) is 15.9. The van der Waals surface area contributed by atoms with E-state index in [1.807, 2.05) is 56.0 Å². The van der Waals surface area contributed by atoms with E-state index in [4.69, 9.17) is 17.0 Å². The summed E-state index contributed by atoms with van der Waals surface area (Å²) in [4.78, 5) is 17.9. The quantitative estimate of drug-likeness (QED) is 0.305. The third-order valence-electron chi connectivity index (χ3n) is 5.44. The minimum absolute atomic E-state index is 0.0689. The van der Waals surface area contributed by atoms with E-state index < -0.39 is 5.54 Å². The second kappa shape index (κ2) is 10.6. The second-order valence-electron chi connectivity index (χ2n) is 8.79. The van der Waals surface area contributed by atoms with Crippen molar-refractivity contribution in [2.75, 3.05) is 18.1 Å². The van der Waals surface area contributed by atoms with Crippen molar-refractivity contribution in [2.45, 2.75) is 57.5 Å². The highest BCUT2D eigenvalue weighted by Gasteiger charge is 2.49. The van der Waals surface area contributed by atoms with Crippen LogP contribution in [0.5, 0.6) is 5.75 Å². The van der Waals surface area contributed by atoms with Gasteiger partial charge in [-0.15, -0.1) is 0 Å². The Bertz CT molecular complexity index is 1060. The number of nitriles is 1. The van der Waals surface area contributed by atoms with Crippen molar-refractivity contribution in [2.24, 2.45) is 0 Å². The number of nitrogens with one attached hydrogen (secondary N) is 1. The van der Waals surface area contributed by atoms with Gasteiger partial charge in [0.2, 0.25) is 0 Å². The molecule has 0 bridgehead atoms. The number of rotatable bonds is 9. The number of carbonyl (C=O) groups is 1. The molecule has 33 heavy (non-hydrogen) atoms. The van der Waals surface area contributed by atoms with Crippen LogP contribution in [0.3, 0.4) is 0 Å². The second-order valence-corrected chi connectivity index (χ2v) is 10.1. The molecule has 0 saturated carbocycles. The van der Waals surface area contributed by atoms with E-state index >= 15 is 0 Å². The van der Waals surface area contributed by atoms with Crippen molar-refractivity contribution in [1.29, 1.82) is 5.26 Å². The molecule has 1 saturated heterocycles. The van der Waals surface area contributed by atoms with Gasteiger partial charge in [0.05, 0.1) is 23.9 Å². The average Bonchev–Trinajstić information content (AvgIpc) is 2.94. The highest BCUT2D eigenvalue weighted by Crippen LogP contribution is 2.33. The number of anilines is 1. The number of thiocarbonyl (C=S) groups is 1. The third-order valence-corrected chi connectivity index (χ3v) is 6.94. The molecule has 1 heterocycles. The van der Waals surface area contributed by atoms with Crippen LogP contribution in [0.1, 0.15) is 45.2 Å². The van der Waals surface area contributed by atoms with Crippen LogP contribution in [0.2, 0.25) is 0 Å². The fourth-order valence-corrected chi connectivity index (χ4v) is 4.71. The summed E-state index contributed by atoms with van der Waals surface area (Å²) in [5.41, 5.74) is 1.35. The van der Waals surface area contributed by atoms with Gasteiger partial charge in [-0.1, -0.05) is 0 Å². The lowest BCUT2D eigenvalue weighted by Gasteiger charge is -2.29. The fraction of sp³-hybridized carbons (Fsp3) is 0.400. The van der Waals surface area contributed by atoms with E-state index in [0.717, 1.165) is 22.6 Å². The molecule has 1 amide bonds. The first-order chi connectivity index (χ1) is 15.6. The Morgan fingerprint density at radius 1 is 1.21 bits per heavy atom. The van der Waals surface area contributed by atoms with Crippen molar-refractivity contribution in [3.63, 3.8) is 0 Å². The smallest absolute Gasteiger partial charge is 0.258 e. The number of hydrogen-bond donors (Lipinski definition) is 1. The van der Waals surface area contributed by atoms with Crippen LogP contribution in [0, 0.1) is 18.3 Å². The van der Waals surface area contributed by atoms with E-state index in [9.17, 15) is 10.1 Å². The fourth-order valence-electron chi connectivity index (χ4n) is 3.55. The van der Waals surface area contributed by atoms with Crippen LogP contribution in [0.25, 0.3) is 0 Å². The zero-order valence-electron chi connectivity index (χ0n) is 19.7. The van der Waals surface area contributed by atoms with Gasteiger partial charge in [0.15, 0.2) is 5.11 Å². The number of carbonyl (C=O) groups excluding carboxylic acids is 1. The topological polar surface area (TPSA) is 68.6 Å². The summed E-state index contributed by atoms with van der Waals surface area (Å²) < 4.78 is 9.22. The molecule has 1 aliphatic rings. The summed E-state index contributed by atoms with van der Waals surface area (Å²) in [6.07, 6.45) is 0.725. The Morgan fingerprint density at radius 2 is 1.91 bits per heavy atom. The number of aryl methyl sites for hydroxylation is 1. The molecule has 6 nitrogen and oxygen atoms in total. The highest BCUT2D eigenvalue weighted by molar-refractivity contribution is 7.97. The summed E-state index contributed by atoms with van der Waals surface area (Å²) in [5.74, 6) is 0.749. The maximum Gasteiger partial charge on any atom is 0.258 e. The summed E-state index contributed by atoms with van der Waals surface area (Å²) in [5, 5.41) is 9.66. The van der Waals surface area contributed by atoms with Gasteiger partial charge < -0.3 is 9.64 Å². The molecule has 0 radical (unpaired) electrons. The maximum absolute atomic E-state index is 13.2. The monoisotopic (exact) mass is 482 g/mol. The molecule has 1 aliphatic heterocycles. The summed E-state index contributed by atoms with van der Waals surface area (Å²) >= 11 is 7.30. The van der Waals surface area contributed by atoms with Crippen LogP contribution in [-0.4, -0.2) is 40.7 Å². The van der Waals surface area contributed by atoms with E-state index in [1.165, 1.54) is 0 Å². The SMILES string of the molecule is Cc1cc(N2C(=O)C(C)(C)N(CCCOc3ccc(SNC(C)C)cc3)C2=S)ccc1C#N. The lowest BCUT2D eigenvalue weighted by molar-refractivity contribution is -0.123. The number of ether oxygens (including phenoxy) is 1. The first kappa shape index (κ1) is 25.0. The standard InChI is InChI=1S/C25H30N4O2S2/c1-17(2)27-33-22-11-9-21(10-12-22)31-14-6-13-28-24(32)29(23(30)25(28,4)5)20-8-7-19(16-26)18(3)15-20/h7-12,15,17,27H,6,13-14H2,1-5H3. The molecule has 8 heteroatoms. The van der Waals surface area contributed by atoms with Crippen molar-refractivity contribution in [3.8, 4) is 11.8 Å². The minimum Gasteiger partial charge on any atom is -0.494 e. The molecule has 0 spiro atoms. The van der Waals surface area contributed by atoms with Gasteiger partial charge in [-0.2, -0.15) is 5.26 Å². The maximum atomic E-state index is 13.2. The lowest BCUT2D eigenvalue weighted by atomic mass is 10.0. The van der Waals surface area contributed by atoms with E-state index in [1.54, 1.807) is 29.0 Å². The number of benzene rings is 2. The average molecular weight is 483 g/mol. The number of nitrogens with zero attached hydrogens (tertiary/aromatic N) is 3. The van der Waals surface area contributed by atoms with Gasteiger partial charge in [0.25, 0.3) is 5.91 Å². The Balaban J connectivity index is 1.58. The van der Waals surface area contributed by atoms with Gasteiger partial charge in [-0.3, -0.25) is 14.4 Å². The van der Waals surface area contributed by atoms with E-state index in [-0.39, 0.29) is 5.91 Å². The molecule has 3 rings (SSSR count). The molecule has 0 atom stereocenters. The van der Waals surface area contributed by atoms with E-state index in [0.29, 0.717) is 35.6 Å². The summed E-state index contributed by atoms with van der Waals surface area (Å²) in [6.45, 7) is 11.0. The normalized spacial score (nSPS) is 15.3. The molecule has 0 unspecified atom stereocenters. The summed E-state index contributed by atoms with van der Waals surface area (Å²) in [7, 11) is 0. The molecule has 174 valence electrons. The molecule has 0 aromatic heterocycles.